The van der Waals surface area contributed by atoms with Gasteiger partial charge in [0, 0.05) is 55.4 Å². The molecule has 7 nitrogen and oxygen atoms in total. The van der Waals surface area contributed by atoms with Gasteiger partial charge in [-0.05, 0) is 24.1 Å². The Morgan fingerprint density at radius 3 is 2.66 bits per heavy atom. The fourth-order valence-corrected chi connectivity index (χ4v) is 3.53. The Kier molecular flexibility index (Phi) is 7.57. The van der Waals surface area contributed by atoms with E-state index in [1.54, 1.807) is 17.0 Å². The van der Waals surface area contributed by atoms with Crippen LogP contribution in [0.5, 0.6) is 0 Å². The van der Waals surface area contributed by atoms with E-state index in [1.165, 1.54) is 18.2 Å². The van der Waals surface area contributed by atoms with Crippen LogP contribution in [0.15, 0.2) is 48.5 Å². The summed E-state index contributed by atoms with van der Waals surface area (Å²) in [6, 6.07) is 13.3. The Balaban J connectivity index is 1.73. The van der Waals surface area contributed by atoms with Crippen LogP contribution in [0.4, 0.5) is 5.69 Å². The summed E-state index contributed by atoms with van der Waals surface area (Å²) < 4.78 is 5.37. The number of nitro groups is 1. The van der Waals surface area contributed by atoms with Gasteiger partial charge in [-0.15, -0.1) is 0 Å². The minimum absolute atomic E-state index is 0.0955. The Morgan fingerprint density at radius 2 is 1.93 bits per heavy atom. The quantitative estimate of drug-likeness (QED) is 0.484. The van der Waals surface area contributed by atoms with Crippen LogP contribution >= 0.6 is 11.6 Å². The second-order valence-electron chi connectivity index (χ2n) is 6.93. The maximum atomic E-state index is 13.1. The molecule has 0 atom stereocenters. The van der Waals surface area contributed by atoms with E-state index in [0.29, 0.717) is 23.7 Å². The Labute approximate surface area is 175 Å². The molecule has 154 valence electrons. The third-order valence-corrected chi connectivity index (χ3v) is 5.28. The summed E-state index contributed by atoms with van der Waals surface area (Å²) in [6.07, 6.45) is 0.797. The molecule has 2 aromatic rings. The number of nitrogens with zero attached hydrogens (tertiary/aromatic N) is 3. The normalized spacial score (nSPS) is 14.5. The van der Waals surface area contributed by atoms with Gasteiger partial charge in [0.15, 0.2) is 0 Å². The molecule has 1 saturated heterocycles. The van der Waals surface area contributed by atoms with E-state index in [2.05, 4.69) is 4.90 Å². The molecule has 0 radical (unpaired) electrons. The standard InChI is InChI=1S/C21H24ClN3O4/c22-20-8-2-1-5-18(20)16-24(10-4-9-23-11-13-29-14-12-23)21(26)17-6-3-7-19(15-17)25(27)28/h1-3,5-8,15H,4,9-14,16H2. The van der Waals surface area contributed by atoms with Crippen molar-refractivity contribution in [3.63, 3.8) is 0 Å². The third-order valence-electron chi connectivity index (χ3n) is 4.92. The topological polar surface area (TPSA) is 75.9 Å². The molecular formula is C21H24ClN3O4. The Morgan fingerprint density at radius 1 is 1.17 bits per heavy atom. The molecular weight excluding hydrogens is 394 g/mol. The van der Waals surface area contributed by atoms with Crippen molar-refractivity contribution < 1.29 is 14.5 Å². The summed E-state index contributed by atoms with van der Waals surface area (Å²) in [5.74, 6) is -0.240. The average Bonchev–Trinajstić information content (AvgIpc) is 2.75. The number of benzene rings is 2. The minimum Gasteiger partial charge on any atom is -0.379 e. The summed E-state index contributed by atoms with van der Waals surface area (Å²) in [6.45, 7) is 5.00. The summed E-state index contributed by atoms with van der Waals surface area (Å²) in [4.78, 5) is 27.8. The summed E-state index contributed by atoms with van der Waals surface area (Å²) >= 11 is 6.29. The smallest absolute Gasteiger partial charge is 0.270 e. The van der Waals surface area contributed by atoms with E-state index in [1.807, 2.05) is 18.2 Å². The summed E-state index contributed by atoms with van der Waals surface area (Å²) in [5.41, 5.74) is 1.05. The molecule has 1 amide bonds. The van der Waals surface area contributed by atoms with Gasteiger partial charge in [-0.3, -0.25) is 19.8 Å². The second-order valence-corrected chi connectivity index (χ2v) is 7.34. The first-order chi connectivity index (χ1) is 14.0. The fourth-order valence-electron chi connectivity index (χ4n) is 3.33. The number of amides is 1. The largest absolute Gasteiger partial charge is 0.379 e. The van der Waals surface area contributed by atoms with E-state index < -0.39 is 4.92 Å². The van der Waals surface area contributed by atoms with Crippen molar-refractivity contribution in [1.82, 2.24) is 9.80 Å². The molecule has 1 aliphatic heterocycles. The van der Waals surface area contributed by atoms with E-state index >= 15 is 0 Å². The molecule has 0 bridgehead atoms. The molecule has 0 aromatic heterocycles. The number of nitro benzene ring substituents is 1. The van der Waals surface area contributed by atoms with Crippen molar-refractivity contribution in [3.8, 4) is 0 Å². The third kappa shape index (κ3) is 6.00. The number of hydrogen-bond acceptors (Lipinski definition) is 5. The zero-order valence-corrected chi connectivity index (χ0v) is 16.9. The van der Waals surface area contributed by atoms with Crippen molar-refractivity contribution in [1.29, 1.82) is 0 Å². The Hall–Kier alpha value is -2.48. The van der Waals surface area contributed by atoms with E-state index in [4.69, 9.17) is 16.3 Å². The molecule has 0 N–H and O–H groups in total. The van der Waals surface area contributed by atoms with Crippen molar-refractivity contribution >= 4 is 23.2 Å². The predicted molar refractivity (Wildman–Crippen MR) is 111 cm³/mol. The van der Waals surface area contributed by atoms with Gasteiger partial charge < -0.3 is 9.64 Å². The number of ether oxygens (including phenoxy) is 1. The highest BCUT2D eigenvalue weighted by atomic mass is 35.5. The van der Waals surface area contributed by atoms with Gasteiger partial charge >= 0.3 is 0 Å². The Bertz CT molecular complexity index is 855. The molecule has 1 aliphatic rings. The van der Waals surface area contributed by atoms with Gasteiger partial charge in [-0.25, -0.2) is 0 Å². The van der Waals surface area contributed by atoms with Crippen LogP contribution < -0.4 is 0 Å². The minimum atomic E-state index is -0.492. The van der Waals surface area contributed by atoms with Gasteiger partial charge in [-0.1, -0.05) is 35.9 Å². The summed E-state index contributed by atoms with van der Waals surface area (Å²) in [7, 11) is 0. The van der Waals surface area contributed by atoms with Crippen LogP contribution in [-0.2, 0) is 11.3 Å². The number of rotatable bonds is 8. The van der Waals surface area contributed by atoms with Crippen molar-refractivity contribution in [2.75, 3.05) is 39.4 Å². The lowest BCUT2D eigenvalue weighted by atomic mass is 10.1. The molecule has 1 heterocycles. The highest BCUT2D eigenvalue weighted by molar-refractivity contribution is 6.31. The van der Waals surface area contributed by atoms with Gasteiger partial charge in [-0.2, -0.15) is 0 Å². The van der Waals surface area contributed by atoms with Gasteiger partial charge in [0.25, 0.3) is 11.6 Å². The first-order valence-electron chi connectivity index (χ1n) is 9.62. The van der Waals surface area contributed by atoms with E-state index in [9.17, 15) is 14.9 Å². The fraction of sp³-hybridized carbons (Fsp3) is 0.381. The molecule has 8 heteroatoms. The number of morpholine rings is 1. The molecule has 2 aromatic carbocycles. The lowest BCUT2D eigenvalue weighted by Gasteiger charge is -2.28. The van der Waals surface area contributed by atoms with Crippen molar-refractivity contribution in [3.05, 3.63) is 74.8 Å². The molecule has 0 unspecified atom stereocenters. The number of halogens is 1. The van der Waals surface area contributed by atoms with Gasteiger partial charge in [0.2, 0.25) is 0 Å². The maximum absolute atomic E-state index is 13.1. The van der Waals surface area contributed by atoms with E-state index in [0.717, 1.165) is 44.8 Å². The first kappa shape index (κ1) is 21.2. The lowest BCUT2D eigenvalue weighted by molar-refractivity contribution is -0.384. The number of hydrogen-bond donors (Lipinski definition) is 0. The number of non-ortho nitro benzene ring substituents is 1. The SMILES string of the molecule is O=C(c1cccc([N+](=O)[O-])c1)N(CCCN1CCOCC1)Cc1ccccc1Cl. The molecule has 3 rings (SSSR count). The molecule has 1 fully saturated rings. The van der Waals surface area contributed by atoms with E-state index in [-0.39, 0.29) is 11.6 Å². The van der Waals surface area contributed by atoms with Crippen LogP contribution in [0.1, 0.15) is 22.3 Å². The molecule has 29 heavy (non-hydrogen) atoms. The monoisotopic (exact) mass is 417 g/mol. The molecule has 0 aliphatic carbocycles. The van der Waals surface area contributed by atoms with Gasteiger partial charge in [0.05, 0.1) is 18.1 Å². The van der Waals surface area contributed by atoms with Gasteiger partial charge in [0.1, 0.15) is 0 Å². The maximum Gasteiger partial charge on any atom is 0.270 e. The van der Waals surface area contributed by atoms with Crippen LogP contribution in [-0.4, -0.2) is 60.0 Å². The zero-order valence-electron chi connectivity index (χ0n) is 16.1. The zero-order chi connectivity index (χ0) is 20.6. The summed E-state index contributed by atoms with van der Waals surface area (Å²) in [5, 5.41) is 11.7. The van der Waals surface area contributed by atoms with Crippen molar-refractivity contribution in [2.45, 2.75) is 13.0 Å². The van der Waals surface area contributed by atoms with Crippen molar-refractivity contribution in [2.24, 2.45) is 0 Å². The average molecular weight is 418 g/mol. The second kappa shape index (κ2) is 10.3. The first-order valence-corrected chi connectivity index (χ1v) is 9.99. The number of carbonyl (C=O) groups excluding carboxylic acids is 1. The van der Waals surface area contributed by atoms with Crippen LogP contribution in [0.25, 0.3) is 0 Å². The molecule has 0 saturated carbocycles. The lowest BCUT2D eigenvalue weighted by Crippen LogP contribution is -2.39. The highest BCUT2D eigenvalue weighted by Gasteiger charge is 2.20. The van der Waals surface area contributed by atoms with Crippen LogP contribution in [0, 0.1) is 10.1 Å². The van der Waals surface area contributed by atoms with Crippen LogP contribution in [0.2, 0.25) is 5.02 Å². The number of carbonyl (C=O) groups is 1. The molecule has 0 spiro atoms. The predicted octanol–water partition coefficient (Wildman–Crippen LogP) is 3.61. The van der Waals surface area contributed by atoms with Crippen LogP contribution in [0.3, 0.4) is 0 Å². The highest BCUT2D eigenvalue weighted by Crippen LogP contribution is 2.20.